The normalized spacial score (nSPS) is 11.3. The number of para-hydroxylation sites is 2. The van der Waals surface area contributed by atoms with E-state index in [1.165, 1.54) is 23.1 Å². The van der Waals surface area contributed by atoms with Crippen LogP contribution < -0.4 is 0 Å². The Labute approximate surface area is 146 Å². The van der Waals surface area contributed by atoms with Crippen molar-refractivity contribution in [2.45, 2.75) is 6.54 Å². The zero-order valence-corrected chi connectivity index (χ0v) is 14.5. The molecule has 122 valence electrons. The summed E-state index contributed by atoms with van der Waals surface area (Å²) in [5.41, 5.74) is 1.83. The van der Waals surface area contributed by atoms with Crippen LogP contribution in [0.4, 0.5) is 4.39 Å². The number of likely N-dealkylation sites (N-methyl/N-ethyl adjacent to an activating group) is 1. The van der Waals surface area contributed by atoms with Gasteiger partial charge in [0.2, 0.25) is 11.8 Å². The summed E-state index contributed by atoms with van der Waals surface area (Å²) in [5, 5.41) is 0. The van der Waals surface area contributed by atoms with E-state index in [4.69, 9.17) is 4.42 Å². The van der Waals surface area contributed by atoms with Crippen LogP contribution in [-0.4, -0.2) is 22.8 Å². The van der Waals surface area contributed by atoms with Crippen LogP contribution in [0.5, 0.6) is 0 Å². The molecule has 1 amide bonds. The molecule has 0 radical (unpaired) electrons. The standard InChI is InChI=1S/C18H14BrFN2O2/c1-22(11-12-10-13(19)6-7-14(12)20)18(23)9-8-17-21-15-4-2-3-5-16(15)24-17/h2-10H,11H2,1H3/b9-8+. The molecule has 0 fully saturated rings. The van der Waals surface area contributed by atoms with Gasteiger partial charge in [-0.2, -0.15) is 0 Å². The van der Waals surface area contributed by atoms with Crippen molar-refractivity contribution in [1.82, 2.24) is 9.88 Å². The average Bonchev–Trinajstić information content (AvgIpc) is 2.98. The van der Waals surface area contributed by atoms with Crippen LogP contribution in [0.2, 0.25) is 0 Å². The molecule has 0 aliphatic rings. The van der Waals surface area contributed by atoms with Gasteiger partial charge in [0.1, 0.15) is 11.3 Å². The molecule has 1 heterocycles. The molecule has 0 aliphatic heterocycles. The second-order valence-electron chi connectivity index (χ2n) is 5.28. The maximum atomic E-state index is 13.8. The minimum absolute atomic E-state index is 0.169. The molecule has 24 heavy (non-hydrogen) atoms. The number of hydrogen-bond acceptors (Lipinski definition) is 3. The monoisotopic (exact) mass is 388 g/mol. The molecule has 2 aromatic carbocycles. The van der Waals surface area contributed by atoms with Crippen molar-refractivity contribution in [3.8, 4) is 0 Å². The van der Waals surface area contributed by atoms with Crippen LogP contribution in [0, 0.1) is 5.82 Å². The van der Waals surface area contributed by atoms with Crippen LogP contribution in [-0.2, 0) is 11.3 Å². The molecule has 3 rings (SSSR count). The van der Waals surface area contributed by atoms with E-state index in [1.807, 2.05) is 24.3 Å². The van der Waals surface area contributed by atoms with E-state index in [0.29, 0.717) is 17.0 Å². The molecule has 0 aliphatic carbocycles. The summed E-state index contributed by atoms with van der Waals surface area (Å²) < 4.78 is 20.0. The van der Waals surface area contributed by atoms with E-state index in [0.717, 1.165) is 9.99 Å². The highest BCUT2D eigenvalue weighted by Crippen LogP contribution is 2.18. The Balaban J connectivity index is 1.70. The minimum Gasteiger partial charge on any atom is -0.437 e. The molecular formula is C18H14BrFN2O2. The Kier molecular flexibility index (Phi) is 4.76. The number of nitrogens with zero attached hydrogens (tertiary/aromatic N) is 2. The highest BCUT2D eigenvalue weighted by atomic mass is 79.9. The van der Waals surface area contributed by atoms with E-state index < -0.39 is 0 Å². The lowest BCUT2D eigenvalue weighted by Crippen LogP contribution is -2.24. The number of fused-ring (bicyclic) bond motifs is 1. The molecule has 3 aromatic rings. The van der Waals surface area contributed by atoms with Gasteiger partial charge < -0.3 is 9.32 Å². The van der Waals surface area contributed by atoms with Crippen molar-refractivity contribution in [3.05, 3.63) is 70.3 Å². The van der Waals surface area contributed by atoms with Gasteiger partial charge in [-0.3, -0.25) is 4.79 Å². The predicted octanol–water partition coefficient (Wildman–Crippen LogP) is 4.40. The summed E-state index contributed by atoms with van der Waals surface area (Å²) in [4.78, 5) is 17.9. The van der Waals surface area contributed by atoms with Crippen molar-refractivity contribution in [1.29, 1.82) is 0 Å². The molecule has 0 saturated carbocycles. The fraction of sp³-hybridized carbons (Fsp3) is 0.111. The quantitative estimate of drug-likeness (QED) is 0.622. The molecule has 6 heteroatoms. The van der Waals surface area contributed by atoms with Gasteiger partial charge in [0.25, 0.3) is 0 Å². The second kappa shape index (κ2) is 6.97. The average molecular weight is 389 g/mol. The van der Waals surface area contributed by atoms with E-state index in [9.17, 15) is 9.18 Å². The summed E-state index contributed by atoms with van der Waals surface area (Å²) in [7, 11) is 1.61. The van der Waals surface area contributed by atoms with Crippen molar-refractivity contribution < 1.29 is 13.6 Å². The number of carbonyl (C=O) groups excluding carboxylic acids is 1. The Morgan fingerprint density at radius 1 is 1.33 bits per heavy atom. The first-order chi connectivity index (χ1) is 11.5. The Morgan fingerprint density at radius 2 is 2.12 bits per heavy atom. The summed E-state index contributed by atoms with van der Waals surface area (Å²) in [6, 6.07) is 12.0. The third kappa shape index (κ3) is 3.71. The summed E-state index contributed by atoms with van der Waals surface area (Å²) in [6.07, 6.45) is 2.87. The lowest BCUT2D eigenvalue weighted by molar-refractivity contribution is -0.125. The second-order valence-corrected chi connectivity index (χ2v) is 6.20. The van der Waals surface area contributed by atoms with Gasteiger partial charge in [0.15, 0.2) is 5.58 Å². The number of hydrogen-bond donors (Lipinski definition) is 0. The third-order valence-electron chi connectivity index (χ3n) is 3.47. The van der Waals surface area contributed by atoms with Gasteiger partial charge in [-0.15, -0.1) is 0 Å². The molecule has 0 saturated heterocycles. The Bertz CT molecular complexity index is 887. The fourth-order valence-electron chi connectivity index (χ4n) is 2.23. The zero-order chi connectivity index (χ0) is 17.1. The summed E-state index contributed by atoms with van der Waals surface area (Å²) >= 11 is 3.30. The van der Waals surface area contributed by atoms with Crippen LogP contribution in [0.1, 0.15) is 11.5 Å². The molecule has 0 bridgehead atoms. The Morgan fingerprint density at radius 3 is 2.92 bits per heavy atom. The van der Waals surface area contributed by atoms with Gasteiger partial charge in [-0.05, 0) is 30.3 Å². The molecule has 4 nitrogen and oxygen atoms in total. The van der Waals surface area contributed by atoms with Crippen molar-refractivity contribution in [3.63, 3.8) is 0 Å². The number of oxazole rings is 1. The number of benzene rings is 2. The summed E-state index contributed by atoms with van der Waals surface area (Å²) in [6.45, 7) is 0.169. The zero-order valence-electron chi connectivity index (χ0n) is 12.9. The predicted molar refractivity (Wildman–Crippen MR) is 93.6 cm³/mol. The van der Waals surface area contributed by atoms with Crippen molar-refractivity contribution >= 4 is 39.0 Å². The third-order valence-corrected chi connectivity index (χ3v) is 3.96. The smallest absolute Gasteiger partial charge is 0.246 e. The van der Waals surface area contributed by atoms with Gasteiger partial charge in [0.05, 0.1) is 0 Å². The molecular weight excluding hydrogens is 375 g/mol. The van der Waals surface area contributed by atoms with Crippen LogP contribution in [0.15, 0.2) is 57.4 Å². The topological polar surface area (TPSA) is 46.3 Å². The number of halogens is 2. The number of carbonyl (C=O) groups is 1. The van der Waals surface area contributed by atoms with Crippen LogP contribution in [0.3, 0.4) is 0 Å². The molecule has 0 atom stereocenters. The van der Waals surface area contributed by atoms with Crippen molar-refractivity contribution in [2.24, 2.45) is 0 Å². The van der Waals surface area contributed by atoms with Crippen molar-refractivity contribution in [2.75, 3.05) is 7.05 Å². The lowest BCUT2D eigenvalue weighted by atomic mass is 10.2. The highest BCUT2D eigenvalue weighted by molar-refractivity contribution is 9.10. The maximum absolute atomic E-state index is 13.8. The highest BCUT2D eigenvalue weighted by Gasteiger charge is 2.10. The van der Waals surface area contributed by atoms with E-state index >= 15 is 0 Å². The molecule has 0 unspecified atom stereocenters. The largest absolute Gasteiger partial charge is 0.437 e. The van der Waals surface area contributed by atoms with E-state index in [-0.39, 0.29) is 18.3 Å². The number of rotatable bonds is 4. The summed E-state index contributed by atoms with van der Waals surface area (Å²) in [5.74, 6) is -0.260. The maximum Gasteiger partial charge on any atom is 0.246 e. The SMILES string of the molecule is CN(Cc1cc(Br)ccc1F)C(=O)/C=C/c1nc2ccccc2o1. The number of amides is 1. The van der Waals surface area contributed by atoms with Gasteiger partial charge in [-0.25, -0.2) is 9.37 Å². The number of aromatic nitrogens is 1. The first-order valence-corrected chi connectivity index (χ1v) is 8.05. The van der Waals surface area contributed by atoms with Gasteiger partial charge >= 0.3 is 0 Å². The lowest BCUT2D eigenvalue weighted by Gasteiger charge is -2.15. The van der Waals surface area contributed by atoms with E-state index in [2.05, 4.69) is 20.9 Å². The first kappa shape index (κ1) is 16.4. The molecule has 0 spiro atoms. The fourth-order valence-corrected chi connectivity index (χ4v) is 2.64. The van der Waals surface area contributed by atoms with E-state index in [1.54, 1.807) is 19.2 Å². The first-order valence-electron chi connectivity index (χ1n) is 7.25. The van der Waals surface area contributed by atoms with Crippen LogP contribution >= 0.6 is 15.9 Å². The van der Waals surface area contributed by atoms with Gasteiger partial charge in [-0.1, -0.05) is 28.1 Å². The Hall–Kier alpha value is -2.47. The molecule has 0 N–H and O–H groups in total. The van der Waals surface area contributed by atoms with Crippen LogP contribution in [0.25, 0.3) is 17.2 Å². The van der Waals surface area contributed by atoms with Gasteiger partial charge in [0, 0.05) is 35.8 Å². The minimum atomic E-state index is -0.346. The molecule has 1 aromatic heterocycles.